The molecular weight excluding hydrogens is 599 g/mol. The third kappa shape index (κ3) is 14.3. The van der Waals surface area contributed by atoms with E-state index >= 15 is 0 Å². The number of ether oxygens (including phenoxy) is 2. The summed E-state index contributed by atoms with van der Waals surface area (Å²) in [6.45, 7) is 5.36. The van der Waals surface area contributed by atoms with Gasteiger partial charge in [-0.3, -0.25) is 9.59 Å². The van der Waals surface area contributed by atoms with Crippen molar-refractivity contribution >= 4 is 46.7 Å². The van der Waals surface area contributed by atoms with Gasteiger partial charge in [0.1, 0.15) is 0 Å². The number of benzene rings is 2. The predicted octanol–water partition coefficient (Wildman–Crippen LogP) is 7.77. The number of anilines is 1. The maximum Gasteiger partial charge on any atom is 0.332 e. The molecule has 0 aromatic heterocycles. The van der Waals surface area contributed by atoms with E-state index in [-0.39, 0.29) is 25.4 Å². The van der Waals surface area contributed by atoms with Crippen molar-refractivity contribution in [2.75, 3.05) is 36.4 Å². The van der Waals surface area contributed by atoms with Gasteiger partial charge in [-0.1, -0.05) is 101 Å². The Labute approximate surface area is 274 Å². The highest BCUT2D eigenvalue weighted by Gasteiger charge is 2.35. The Kier molecular flexibility index (Phi) is 19.3. The van der Waals surface area contributed by atoms with E-state index in [4.69, 9.17) is 32.7 Å². The molecule has 244 valence electrons. The first-order valence-corrected chi connectivity index (χ1v) is 17.2. The molecular formula is C35H50Cl2N2O5. The van der Waals surface area contributed by atoms with Crippen molar-refractivity contribution in [3.05, 3.63) is 65.7 Å². The van der Waals surface area contributed by atoms with E-state index in [9.17, 15) is 14.4 Å². The van der Waals surface area contributed by atoms with Crippen LogP contribution in [0.25, 0.3) is 0 Å². The van der Waals surface area contributed by atoms with Gasteiger partial charge in [-0.15, -0.1) is 23.2 Å². The molecule has 0 spiro atoms. The Morgan fingerprint density at radius 2 is 1.39 bits per heavy atom. The molecule has 0 bridgehead atoms. The summed E-state index contributed by atoms with van der Waals surface area (Å²) < 4.78 is 11.2. The highest BCUT2D eigenvalue weighted by Crippen LogP contribution is 2.25. The van der Waals surface area contributed by atoms with Gasteiger partial charge in [-0.05, 0) is 36.6 Å². The van der Waals surface area contributed by atoms with E-state index in [0.29, 0.717) is 30.4 Å². The number of amides is 1. The minimum absolute atomic E-state index is 0.0368. The normalized spacial score (nSPS) is 12.3. The lowest BCUT2D eigenvalue weighted by Gasteiger charge is -2.27. The summed E-state index contributed by atoms with van der Waals surface area (Å²) in [5, 5.41) is 2.80. The summed E-state index contributed by atoms with van der Waals surface area (Å²) in [6, 6.07) is 15.4. The van der Waals surface area contributed by atoms with E-state index in [1.54, 1.807) is 31.2 Å². The van der Waals surface area contributed by atoms with Crippen LogP contribution in [0.4, 0.5) is 5.69 Å². The zero-order valence-corrected chi connectivity index (χ0v) is 27.9. The number of unbranched alkanes of at least 4 members (excludes halogenated alkanes) is 8. The van der Waals surface area contributed by atoms with Crippen molar-refractivity contribution in [1.29, 1.82) is 0 Å². The van der Waals surface area contributed by atoms with Gasteiger partial charge < -0.3 is 19.7 Å². The van der Waals surface area contributed by atoms with Gasteiger partial charge in [0.2, 0.25) is 5.91 Å². The van der Waals surface area contributed by atoms with Crippen LogP contribution in [0, 0.1) is 0 Å². The third-order valence-electron chi connectivity index (χ3n) is 7.41. The van der Waals surface area contributed by atoms with E-state index in [0.717, 1.165) is 30.5 Å². The number of hydrogen-bond acceptors (Lipinski definition) is 6. The number of nitrogens with one attached hydrogen (secondary N) is 1. The fourth-order valence-corrected chi connectivity index (χ4v) is 5.46. The monoisotopic (exact) mass is 648 g/mol. The molecule has 44 heavy (non-hydrogen) atoms. The Hall–Kier alpha value is -2.77. The number of hydrogen-bond donors (Lipinski definition) is 1. The summed E-state index contributed by atoms with van der Waals surface area (Å²) in [4.78, 5) is 41.4. The third-order valence-corrected chi connectivity index (χ3v) is 7.74. The average molecular weight is 650 g/mol. The Morgan fingerprint density at radius 1 is 0.795 bits per heavy atom. The number of carbonyl (C=O) groups excluding carboxylic acids is 3. The van der Waals surface area contributed by atoms with Gasteiger partial charge in [0.25, 0.3) is 0 Å². The first kappa shape index (κ1) is 37.4. The summed E-state index contributed by atoms with van der Waals surface area (Å²) in [5.41, 5.74) is 2.33. The molecule has 0 heterocycles. The van der Waals surface area contributed by atoms with Gasteiger partial charge in [-0.25, -0.2) is 4.79 Å². The predicted molar refractivity (Wildman–Crippen MR) is 179 cm³/mol. The second kappa shape index (κ2) is 22.7. The maximum atomic E-state index is 13.2. The molecule has 0 aliphatic heterocycles. The summed E-state index contributed by atoms with van der Waals surface area (Å²) in [5.74, 6) is -0.492. The molecule has 0 aliphatic carbocycles. The van der Waals surface area contributed by atoms with E-state index < -0.39 is 24.1 Å². The van der Waals surface area contributed by atoms with Crippen molar-refractivity contribution in [3.63, 3.8) is 0 Å². The fourth-order valence-electron chi connectivity index (χ4n) is 5.05. The van der Waals surface area contributed by atoms with Gasteiger partial charge in [0, 0.05) is 37.0 Å². The lowest BCUT2D eigenvalue weighted by molar-refractivity contribution is -0.160. The number of halogens is 2. The van der Waals surface area contributed by atoms with Gasteiger partial charge >= 0.3 is 11.9 Å². The molecule has 0 fully saturated rings. The molecule has 0 unspecified atom stereocenters. The summed E-state index contributed by atoms with van der Waals surface area (Å²) in [7, 11) is 0. The van der Waals surface area contributed by atoms with Crippen molar-refractivity contribution in [2.45, 2.75) is 96.6 Å². The molecule has 0 saturated heterocycles. The zero-order valence-electron chi connectivity index (χ0n) is 26.4. The van der Waals surface area contributed by atoms with Crippen LogP contribution in [0.3, 0.4) is 0 Å². The molecule has 2 aromatic carbocycles. The van der Waals surface area contributed by atoms with Crippen LogP contribution in [0.1, 0.15) is 95.3 Å². The van der Waals surface area contributed by atoms with Gasteiger partial charge in [0.05, 0.1) is 13.0 Å². The van der Waals surface area contributed by atoms with Gasteiger partial charge in [0.15, 0.2) is 12.1 Å². The molecule has 2 aromatic rings. The fraction of sp³-hybridized carbons (Fsp3) is 0.571. The molecule has 7 nitrogen and oxygen atoms in total. The molecule has 0 saturated carbocycles. The molecule has 9 heteroatoms. The van der Waals surface area contributed by atoms with Crippen molar-refractivity contribution in [3.8, 4) is 0 Å². The molecule has 2 atom stereocenters. The smallest absolute Gasteiger partial charge is 0.332 e. The first-order chi connectivity index (χ1) is 21.4. The number of alkyl halides is 2. The van der Waals surface area contributed by atoms with Crippen molar-refractivity contribution in [1.82, 2.24) is 5.32 Å². The van der Waals surface area contributed by atoms with Crippen LogP contribution < -0.4 is 10.2 Å². The molecule has 1 N–H and O–H groups in total. The number of nitrogens with zero attached hydrogens (tertiary/aromatic N) is 1. The topological polar surface area (TPSA) is 84.9 Å². The van der Waals surface area contributed by atoms with Gasteiger partial charge in [-0.2, -0.15) is 0 Å². The van der Waals surface area contributed by atoms with Crippen molar-refractivity contribution in [2.24, 2.45) is 0 Å². The number of carbonyl (C=O) groups is 3. The zero-order chi connectivity index (χ0) is 32.0. The second-order valence-electron chi connectivity index (χ2n) is 10.9. The molecule has 2 rings (SSSR count). The minimum atomic E-state index is -1.20. The quantitative estimate of drug-likeness (QED) is 0.0753. The Morgan fingerprint density at radius 3 is 1.95 bits per heavy atom. The van der Waals surface area contributed by atoms with Crippen LogP contribution in [-0.2, 0) is 30.3 Å². The van der Waals surface area contributed by atoms with Crippen LogP contribution >= 0.6 is 23.2 Å². The average Bonchev–Trinajstić information content (AvgIpc) is 3.02. The van der Waals surface area contributed by atoms with Crippen LogP contribution in [0.2, 0.25) is 0 Å². The summed E-state index contributed by atoms with van der Waals surface area (Å²) >= 11 is 11.9. The van der Waals surface area contributed by atoms with E-state index in [1.165, 1.54) is 38.5 Å². The molecule has 0 aliphatic rings. The lowest BCUT2D eigenvalue weighted by atomic mass is 10.0. The number of rotatable bonds is 23. The summed E-state index contributed by atoms with van der Waals surface area (Å²) in [6.07, 6.45) is 9.50. The number of esters is 2. The SMILES string of the molecule is CCCCCCCCCCCC(=O)O[C@@H](c1ccccc1)[C@@H](NC(=O)Cc1ccc(N(CCCl)CCCl)cc1)C(=O)OCC. The van der Waals surface area contributed by atoms with Crippen LogP contribution in [-0.4, -0.2) is 55.3 Å². The van der Waals surface area contributed by atoms with Crippen LogP contribution in [0.15, 0.2) is 54.6 Å². The highest BCUT2D eigenvalue weighted by atomic mass is 35.5. The largest absolute Gasteiger partial charge is 0.464 e. The Balaban J connectivity index is 2.06. The highest BCUT2D eigenvalue weighted by molar-refractivity contribution is 6.18. The second-order valence-corrected chi connectivity index (χ2v) is 11.7. The maximum absolute atomic E-state index is 13.2. The molecule has 1 amide bonds. The first-order valence-electron chi connectivity index (χ1n) is 16.1. The minimum Gasteiger partial charge on any atom is -0.464 e. The molecule has 0 radical (unpaired) electrons. The standard InChI is InChI=1S/C35H50Cl2N2O5/c1-3-5-6-7-8-9-10-11-15-18-32(41)44-34(29-16-13-12-14-17-29)33(35(42)43-4-2)38-31(40)27-28-19-21-30(22-20-28)39(25-23-36)26-24-37/h12-14,16-17,19-22,33-34H,3-11,15,18,23-27H2,1-2H3,(H,38,40)/t33-,34+/m1/s1. The van der Waals surface area contributed by atoms with Crippen LogP contribution in [0.5, 0.6) is 0 Å². The Bertz CT molecular complexity index is 1080. The lowest BCUT2D eigenvalue weighted by Crippen LogP contribution is -2.47. The van der Waals surface area contributed by atoms with E-state index in [1.807, 2.05) is 30.3 Å². The van der Waals surface area contributed by atoms with Crippen molar-refractivity contribution < 1.29 is 23.9 Å². The van der Waals surface area contributed by atoms with E-state index in [2.05, 4.69) is 17.1 Å².